The van der Waals surface area contributed by atoms with Crippen LogP contribution in [0.1, 0.15) is 0 Å². The molecule has 5 nitrogen and oxygen atoms in total. The molecule has 1 rings (SSSR count). The molecule has 21 heavy (non-hydrogen) atoms. The molecule has 0 fully saturated rings. The first-order valence-corrected chi connectivity index (χ1v) is 7.78. The van der Waals surface area contributed by atoms with E-state index in [9.17, 15) is 26.3 Å². The summed E-state index contributed by atoms with van der Waals surface area (Å²) in [6.07, 6.45) is 0. The van der Waals surface area contributed by atoms with Crippen LogP contribution in [0.2, 0.25) is 0 Å². The van der Waals surface area contributed by atoms with E-state index in [0.29, 0.717) is 12.1 Å². The maximum absolute atomic E-state index is 12.6. The molecule has 0 heterocycles. The number of benzene rings is 1. The van der Waals surface area contributed by atoms with Crippen LogP contribution in [-0.2, 0) is 0 Å². The minimum absolute atomic E-state index is 0.639. The summed E-state index contributed by atoms with van der Waals surface area (Å²) in [7, 11) is -12.4. The second-order valence-electron chi connectivity index (χ2n) is 3.52. The third-order valence-corrected chi connectivity index (χ3v) is 5.89. The van der Waals surface area contributed by atoms with Crippen LogP contribution in [0.5, 0.6) is 0 Å². The highest BCUT2D eigenvalue weighted by molar-refractivity contribution is 8.42. The molecule has 13 heteroatoms. The van der Waals surface area contributed by atoms with Gasteiger partial charge >= 0.3 is 11.0 Å². The van der Waals surface area contributed by atoms with Gasteiger partial charge in [-0.05, 0) is 33.7 Å². The van der Waals surface area contributed by atoms with E-state index in [4.69, 9.17) is 18.2 Å². The van der Waals surface area contributed by atoms with Gasteiger partial charge in [-0.2, -0.15) is 30.1 Å². The lowest BCUT2D eigenvalue weighted by Crippen LogP contribution is -2.43. The standard InChI is InChI=1S/C8H9F6NO4S2/c9-7(10,11)20(16,17)15(6-4-2-1-3-5-6)21(18,19)8(12,13)14/h1-5,16-19H. The SMILES string of the molecule is OS(O)(N(c1ccccc1)S(O)(O)C(F)(F)F)C(F)(F)F. The Morgan fingerprint density at radius 3 is 1.33 bits per heavy atom. The van der Waals surface area contributed by atoms with Gasteiger partial charge in [0, 0.05) is 0 Å². The van der Waals surface area contributed by atoms with Gasteiger partial charge < -0.3 is 0 Å². The third-order valence-electron chi connectivity index (χ3n) is 2.05. The molecule has 0 amide bonds. The molecule has 0 saturated carbocycles. The summed E-state index contributed by atoms with van der Waals surface area (Å²) in [5.74, 6) is 0. The van der Waals surface area contributed by atoms with Crippen molar-refractivity contribution < 1.29 is 44.6 Å². The van der Waals surface area contributed by atoms with E-state index in [2.05, 4.69) is 0 Å². The smallest absolute Gasteiger partial charge is 0.273 e. The predicted octanol–water partition coefficient (Wildman–Crippen LogP) is 4.86. The van der Waals surface area contributed by atoms with Crippen molar-refractivity contribution in [1.82, 2.24) is 0 Å². The van der Waals surface area contributed by atoms with Gasteiger partial charge in [0.25, 0.3) is 0 Å². The summed E-state index contributed by atoms with van der Waals surface area (Å²) in [5, 5.41) is 0. The van der Waals surface area contributed by atoms with Gasteiger partial charge in [0.15, 0.2) is 0 Å². The number of alkyl halides is 6. The Bertz CT molecular complexity index is 466. The van der Waals surface area contributed by atoms with E-state index in [1.54, 1.807) is 0 Å². The van der Waals surface area contributed by atoms with Crippen LogP contribution in [0.3, 0.4) is 0 Å². The van der Waals surface area contributed by atoms with Crippen molar-refractivity contribution in [2.24, 2.45) is 0 Å². The van der Waals surface area contributed by atoms with Gasteiger partial charge in [-0.15, -0.1) is 0 Å². The first-order chi connectivity index (χ1) is 9.23. The number of halogens is 6. The summed E-state index contributed by atoms with van der Waals surface area (Å²) in [4.78, 5) is 0. The molecule has 0 aromatic heterocycles. The molecule has 0 bridgehead atoms. The Kier molecular flexibility index (Phi) is 4.68. The van der Waals surface area contributed by atoms with Crippen LogP contribution >= 0.6 is 21.6 Å². The maximum atomic E-state index is 12.6. The second-order valence-corrected chi connectivity index (χ2v) is 7.48. The lowest BCUT2D eigenvalue weighted by Gasteiger charge is -2.52. The van der Waals surface area contributed by atoms with E-state index in [1.807, 2.05) is 0 Å². The van der Waals surface area contributed by atoms with Gasteiger partial charge in [0.05, 0.1) is 5.69 Å². The lowest BCUT2D eigenvalue weighted by atomic mass is 10.3. The summed E-state index contributed by atoms with van der Waals surface area (Å²) >= 11 is 0. The molecular formula is C8H9F6NO4S2. The van der Waals surface area contributed by atoms with Crippen molar-refractivity contribution >= 4 is 27.2 Å². The molecule has 0 radical (unpaired) electrons. The average Bonchev–Trinajstić information content (AvgIpc) is 2.26. The Morgan fingerprint density at radius 2 is 1.05 bits per heavy atom. The molecular weight excluding hydrogens is 352 g/mol. The molecule has 0 atom stereocenters. The minimum Gasteiger partial charge on any atom is -0.273 e. The first-order valence-electron chi connectivity index (χ1n) is 4.77. The topological polar surface area (TPSA) is 84.2 Å². The van der Waals surface area contributed by atoms with Crippen LogP contribution in [0.4, 0.5) is 32.0 Å². The molecule has 0 aliphatic carbocycles. The quantitative estimate of drug-likeness (QED) is 0.578. The van der Waals surface area contributed by atoms with E-state index in [1.165, 1.54) is 6.07 Å². The van der Waals surface area contributed by atoms with Gasteiger partial charge in [-0.3, -0.25) is 18.2 Å². The van der Waals surface area contributed by atoms with E-state index in [-0.39, 0.29) is 0 Å². The molecule has 0 aliphatic rings. The fourth-order valence-electron chi connectivity index (χ4n) is 1.18. The summed E-state index contributed by atoms with van der Waals surface area (Å²) in [6, 6.07) is 4.47. The van der Waals surface area contributed by atoms with Crippen LogP contribution in [0.15, 0.2) is 30.3 Å². The molecule has 0 unspecified atom stereocenters. The summed E-state index contributed by atoms with van der Waals surface area (Å²) < 4.78 is 111. The number of rotatable bonds is 3. The van der Waals surface area contributed by atoms with E-state index in [0.717, 1.165) is 12.1 Å². The Hall–Kier alpha value is -0.860. The molecule has 1 aromatic carbocycles. The van der Waals surface area contributed by atoms with Crippen LogP contribution in [-0.4, -0.2) is 29.2 Å². The van der Waals surface area contributed by atoms with Crippen molar-refractivity contribution in [3.05, 3.63) is 30.3 Å². The normalized spacial score (nSPS) is 15.7. The summed E-state index contributed by atoms with van der Waals surface area (Å²) in [5.41, 5.74) is -12.9. The van der Waals surface area contributed by atoms with Crippen molar-refractivity contribution in [3.63, 3.8) is 0 Å². The fourth-order valence-corrected chi connectivity index (χ4v) is 4.05. The van der Waals surface area contributed by atoms with Crippen LogP contribution in [0, 0.1) is 0 Å². The van der Waals surface area contributed by atoms with Gasteiger partial charge in [0.1, 0.15) is 0 Å². The molecule has 0 spiro atoms. The monoisotopic (exact) mass is 361 g/mol. The zero-order valence-electron chi connectivity index (χ0n) is 9.71. The summed E-state index contributed by atoms with van der Waals surface area (Å²) in [6.45, 7) is 0. The number of para-hydroxylation sites is 1. The molecule has 1 aromatic rings. The average molecular weight is 361 g/mol. The van der Waals surface area contributed by atoms with Crippen molar-refractivity contribution in [1.29, 1.82) is 0 Å². The first kappa shape index (κ1) is 18.2. The highest BCUT2D eigenvalue weighted by Gasteiger charge is 2.61. The Morgan fingerprint density at radius 1 is 0.714 bits per heavy atom. The van der Waals surface area contributed by atoms with Gasteiger partial charge in [-0.25, -0.2) is 0 Å². The largest absolute Gasteiger partial charge is 0.515 e. The highest BCUT2D eigenvalue weighted by atomic mass is 32.3. The molecule has 0 saturated heterocycles. The number of hydrogen-bond acceptors (Lipinski definition) is 5. The Labute approximate surface area is 117 Å². The number of anilines is 1. The predicted molar refractivity (Wildman–Crippen MR) is 66.7 cm³/mol. The van der Waals surface area contributed by atoms with Gasteiger partial charge in [-0.1, -0.05) is 18.2 Å². The van der Waals surface area contributed by atoms with Crippen molar-refractivity contribution in [2.75, 3.05) is 3.71 Å². The third kappa shape index (κ3) is 3.32. The van der Waals surface area contributed by atoms with E-state index < -0.39 is 42.0 Å². The Balaban J connectivity index is 3.54. The van der Waals surface area contributed by atoms with E-state index >= 15 is 0 Å². The van der Waals surface area contributed by atoms with Gasteiger partial charge in [0.2, 0.25) is 0 Å². The zero-order valence-corrected chi connectivity index (χ0v) is 11.3. The second kappa shape index (κ2) is 5.40. The van der Waals surface area contributed by atoms with Crippen molar-refractivity contribution in [2.45, 2.75) is 11.0 Å². The number of nitrogens with zero attached hydrogens (tertiary/aromatic N) is 1. The molecule has 0 aliphatic heterocycles. The maximum Gasteiger partial charge on any atom is 0.515 e. The molecule has 124 valence electrons. The minimum atomic E-state index is -6.18. The molecule has 4 N–H and O–H groups in total. The zero-order chi connectivity index (χ0) is 16.7. The van der Waals surface area contributed by atoms with Crippen molar-refractivity contribution in [3.8, 4) is 0 Å². The highest BCUT2D eigenvalue weighted by Crippen LogP contribution is 2.73. The van der Waals surface area contributed by atoms with Crippen LogP contribution in [0.25, 0.3) is 0 Å². The van der Waals surface area contributed by atoms with Crippen LogP contribution < -0.4 is 3.71 Å². The lowest BCUT2D eigenvalue weighted by molar-refractivity contribution is -0.0566. The number of hydrogen-bond donors (Lipinski definition) is 4. The fraction of sp³-hybridized carbons (Fsp3) is 0.250.